The summed E-state index contributed by atoms with van der Waals surface area (Å²) in [5, 5.41) is -0.0956. The van der Waals surface area contributed by atoms with Crippen LogP contribution in [0.15, 0.2) is 0 Å². The van der Waals surface area contributed by atoms with Crippen LogP contribution in [0, 0.1) is 0 Å². The number of carbonyl (C=O) groups is 2. The minimum absolute atomic E-state index is 0.0956. The highest BCUT2D eigenvalue weighted by molar-refractivity contribution is 9.09. The smallest absolute Gasteiger partial charge is 0.323 e. The van der Waals surface area contributed by atoms with Crippen molar-refractivity contribution in [3.8, 4) is 0 Å². The summed E-state index contributed by atoms with van der Waals surface area (Å²) < 4.78 is 36.8. The van der Waals surface area contributed by atoms with Crippen LogP contribution in [0.25, 0.3) is 0 Å². The topological polar surface area (TPSA) is 37.4 Å². The first kappa shape index (κ1) is 15.4. The number of hydrogen-bond acceptors (Lipinski definition) is 2. The van der Waals surface area contributed by atoms with E-state index in [4.69, 9.17) is 0 Å². The molecule has 0 N–H and O–H groups in total. The van der Waals surface area contributed by atoms with Gasteiger partial charge in [0.2, 0.25) is 0 Å². The highest BCUT2D eigenvalue weighted by Crippen LogP contribution is 2.25. The van der Waals surface area contributed by atoms with Crippen LogP contribution in [0.2, 0.25) is 0 Å². The van der Waals surface area contributed by atoms with E-state index in [-0.39, 0.29) is 11.9 Å². The molecule has 7 heteroatoms. The molecule has 0 atom stereocenters. The first-order chi connectivity index (χ1) is 7.08. The molecule has 0 aromatic carbocycles. The van der Waals surface area contributed by atoms with Crippen LogP contribution in [0.1, 0.15) is 20.8 Å². The fourth-order valence-corrected chi connectivity index (χ4v) is 1.95. The van der Waals surface area contributed by atoms with Crippen molar-refractivity contribution in [2.45, 2.75) is 32.5 Å². The molecule has 0 saturated carbocycles. The number of ketones is 1. The van der Waals surface area contributed by atoms with Crippen LogP contribution < -0.4 is 0 Å². The third-order valence-corrected chi connectivity index (χ3v) is 2.79. The molecule has 0 unspecified atom stereocenters. The summed E-state index contributed by atoms with van der Waals surface area (Å²) in [6.07, 6.45) is -4.96. The van der Waals surface area contributed by atoms with Crippen molar-refractivity contribution in [1.29, 1.82) is 0 Å². The summed E-state index contributed by atoms with van der Waals surface area (Å²) in [5.74, 6) is -2.47. The van der Waals surface area contributed by atoms with Crippen LogP contribution in [0.5, 0.6) is 0 Å². The molecular formula is C9H13BrF3NO2. The van der Waals surface area contributed by atoms with Gasteiger partial charge in [-0.2, -0.15) is 13.2 Å². The van der Waals surface area contributed by atoms with Crippen LogP contribution >= 0.6 is 15.9 Å². The molecule has 0 spiro atoms. The van der Waals surface area contributed by atoms with E-state index in [0.29, 0.717) is 4.90 Å². The largest absolute Gasteiger partial charge is 0.471 e. The SMILES string of the molecule is CCN(C(=O)C(F)(F)F)C(C)(C)C(=O)CBr. The predicted octanol–water partition coefficient (Wildman–Crippen LogP) is 2.14. The quantitative estimate of drug-likeness (QED) is 0.746. The molecule has 0 aliphatic rings. The number of nitrogens with zero attached hydrogens (tertiary/aromatic N) is 1. The summed E-state index contributed by atoms with van der Waals surface area (Å²) in [5.41, 5.74) is -1.47. The zero-order valence-electron chi connectivity index (χ0n) is 9.19. The molecular weight excluding hydrogens is 291 g/mol. The number of hydrogen-bond donors (Lipinski definition) is 0. The van der Waals surface area contributed by atoms with Gasteiger partial charge in [0.1, 0.15) is 0 Å². The zero-order valence-corrected chi connectivity index (χ0v) is 10.8. The van der Waals surface area contributed by atoms with Crippen molar-refractivity contribution in [2.75, 3.05) is 11.9 Å². The normalized spacial score (nSPS) is 12.4. The molecule has 0 rings (SSSR count). The van der Waals surface area contributed by atoms with Gasteiger partial charge in [0.25, 0.3) is 0 Å². The van der Waals surface area contributed by atoms with Crippen molar-refractivity contribution in [3.63, 3.8) is 0 Å². The highest BCUT2D eigenvalue weighted by atomic mass is 79.9. The van der Waals surface area contributed by atoms with Gasteiger partial charge in [-0.05, 0) is 20.8 Å². The van der Waals surface area contributed by atoms with Gasteiger partial charge in [-0.1, -0.05) is 15.9 Å². The van der Waals surface area contributed by atoms with Gasteiger partial charge in [0.15, 0.2) is 5.78 Å². The van der Waals surface area contributed by atoms with Crippen molar-refractivity contribution < 1.29 is 22.8 Å². The predicted molar refractivity (Wildman–Crippen MR) is 56.3 cm³/mol. The average Bonchev–Trinajstić information content (AvgIpc) is 2.15. The summed E-state index contributed by atoms with van der Waals surface area (Å²) in [6, 6.07) is 0. The highest BCUT2D eigenvalue weighted by Gasteiger charge is 2.48. The Morgan fingerprint density at radius 3 is 1.94 bits per heavy atom. The van der Waals surface area contributed by atoms with Crippen LogP contribution in [0.4, 0.5) is 13.2 Å². The maximum Gasteiger partial charge on any atom is 0.471 e. The Balaban J connectivity index is 5.15. The van der Waals surface area contributed by atoms with E-state index in [0.717, 1.165) is 0 Å². The van der Waals surface area contributed by atoms with Gasteiger partial charge in [0, 0.05) is 6.54 Å². The van der Waals surface area contributed by atoms with Gasteiger partial charge in [-0.25, -0.2) is 0 Å². The van der Waals surface area contributed by atoms with Gasteiger partial charge in [-0.15, -0.1) is 0 Å². The lowest BCUT2D eigenvalue weighted by Gasteiger charge is -2.36. The molecule has 0 aliphatic carbocycles. The number of rotatable bonds is 4. The minimum Gasteiger partial charge on any atom is -0.323 e. The van der Waals surface area contributed by atoms with Crippen LogP contribution in [-0.4, -0.2) is 40.2 Å². The van der Waals surface area contributed by atoms with E-state index in [1.807, 2.05) is 0 Å². The van der Waals surface area contributed by atoms with Gasteiger partial charge in [-0.3, -0.25) is 9.59 Å². The molecule has 3 nitrogen and oxygen atoms in total. The van der Waals surface area contributed by atoms with Crippen molar-refractivity contribution in [1.82, 2.24) is 4.90 Å². The molecule has 0 aliphatic heterocycles. The number of alkyl halides is 4. The number of Topliss-reactive ketones (excluding diaryl/α,β-unsaturated/α-hetero) is 1. The molecule has 0 saturated heterocycles. The van der Waals surface area contributed by atoms with E-state index in [1.165, 1.54) is 20.8 Å². The molecule has 16 heavy (non-hydrogen) atoms. The lowest BCUT2D eigenvalue weighted by atomic mass is 9.97. The number of likely N-dealkylation sites (N-methyl/N-ethyl adjacent to an activating group) is 1. The molecule has 0 radical (unpaired) electrons. The molecule has 0 fully saturated rings. The molecule has 0 aromatic heterocycles. The molecule has 0 aromatic rings. The van der Waals surface area contributed by atoms with E-state index in [1.54, 1.807) is 0 Å². The van der Waals surface area contributed by atoms with Crippen molar-refractivity contribution >= 4 is 27.6 Å². The molecule has 1 amide bonds. The van der Waals surface area contributed by atoms with Crippen LogP contribution in [-0.2, 0) is 9.59 Å². The standard InChI is InChI=1S/C9H13BrF3NO2/c1-4-14(7(16)9(11,12)13)8(2,3)6(15)5-10/h4-5H2,1-3H3. The van der Waals surface area contributed by atoms with Crippen molar-refractivity contribution in [2.24, 2.45) is 0 Å². The fraction of sp³-hybridized carbons (Fsp3) is 0.778. The maximum atomic E-state index is 12.3. The third-order valence-electron chi connectivity index (χ3n) is 2.28. The second-order valence-corrected chi connectivity index (χ2v) is 4.22. The molecule has 0 bridgehead atoms. The third kappa shape index (κ3) is 3.20. The second kappa shape index (κ2) is 5.16. The lowest BCUT2D eigenvalue weighted by Crippen LogP contribution is -2.57. The minimum atomic E-state index is -4.96. The Labute approximate surface area is 100 Å². The van der Waals surface area contributed by atoms with Gasteiger partial charge in [0.05, 0.1) is 10.9 Å². The summed E-state index contributed by atoms with van der Waals surface area (Å²) in [4.78, 5) is 23.1. The number of halogens is 4. The second-order valence-electron chi connectivity index (χ2n) is 3.66. The maximum absolute atomic E-state index is 12.3. The first-order valence-corrected chi connectivity index (χ1v) is 5.69. The van der Waals surface area contributed by atoms with Crippen molar-refractivity contribution in [3.05, 3.63) is 0 Å². The number of amides is 1. The average molecular weight is 304 g/mol. The fourth-order valence-electron chi connectivity index (χ4n) is 1.26. The summed E-state index contributed by atoms with van der Waals surface area (Å²) in [6.45, 7) is 3.81. The first-order valence-electron chi connectivity index (χ1n) is 4.57. The lowest BCUT2D eigenvalue weighted by molar-refractivity contribution is -0.191. The Morgan fingerprint density at radius 1 is 1.25 bits per heavy atom. The van der Waals surface area contributed by atoms with Gasteiger partial charge >= 0.3 is 12.1 Å². The molecule has 0 heterocycles. The summed E-state index contributed by atoms with van der Waals surface area (Å²) in [7, 11) is 0. The van der Waals surface area contributed by atoms with E-state index >= 15 is 0 Å². The van der Waals surface area contributed by atoms with E-state index in [9.17, 15) is 22.8 Å². The Morgan fingerprint density at radius 2 is 1.69 bits per heavy atom. The zero-order chi connectivity index (χ0) is 13.1. The Kier molecular flexibility index (Phi) is 4.97. The van der Waals surface area contributed by atoms with Crippen LogP contribution in [0.3, 0.4) is 0 Å². The summed E-state index contributed by atoms with van der Waals surface area (Å²) >= 11 is 2.88. The molecule has 94 valence electrons. The Hall–Kier alpha value is -0.590. The Bertz CT molecular complexity index is 289. The van der Waals surface area contributed by atoms with E-state index in [2.05, 4.69) is 15.9 Å². The number of carbonyl (C=O) groups excluding carboxylic acids is 2. The monoisotopic (exact) mass is 303 g/mol. The van der Waals surface area contributed by atoms with E-state index < -0.39 is 23.4 Å². The van der Waals surface area contributed by atoms with Gasteiger partial charge < -0.3 is 4.90 Å².